The van der Waals surface area contributed by atoms with Crippen LogP contribution in [-0.2, 0) is 4.74 Å². The lowest BCUT2D eigenvalue weighted by atomic mass is 9.97. The Morgan fingerprint density at radius 2 is 1.80 bits per heavy atom. The number of hydrogen-bond donors (Lipinski definition) is 1. The predicted octanol–water partition coefficient (Wildman–Crippen LogP) is 3.23. The van der Waals surface area contributed by atoms with Gasteiger partial charge in [0, 0.05) is 5.70 Å². The molecule has 0 amide bonds. The molecule has 0 atom stereocenters. The fourth-order valence-electron chi connectivity index (χ4n) is 1.27. The van der Waals surface area contributed by atoms with Gasteiger partial charge in [0.2, 0.25) is 0 Å². The van der Waals surface area contributed by atoms with Crippen molar-refractivity contribution >= 4 is 0 Å². The quantitative estimate of drug-likeness (QED) is 0.557. The molecule has 0 aliphatic rings. The minimum Gasteiger partial charge on any atom is -0.497 e. The molecule has 0 spiro atoms. The molecule has 0 aromatic heterocycles. The van der Waals surface area contributed by atoms with Gasteiger partial charge in [0.1, 0.15) is 5.76 Å². The normalized spacial score (nSPS) is 13.5. The number of rotatable bonds is 5. The minimum absolute atomic E-state index is 0.367. The molecule has 0 aromatic rings. The smallest absolute Gasteiger partial charge is 0.112 e. The average Bonchev–Trinajstić information content (AvgIpc) is 2.11. The van der Waals surface area contributed by atoms with E-state index in [1.54, 1.807) is 7.11 Å². The van der Waals surface area contributed by atoms with Gasteiger partial charge in [-0.2, -0.15) is 0 Å². The molecule has 0 saturated heterocycles. The summed E-state index contributed by atoms with van der Waals surface area (Å²) in [5.74, 6) is 1.45. The van der Waals surface area contributed by atoms with Crippen LogP contribution < -0.4 is 5.73 Å². The molecular formula is C13H23NO. The van der Waals surface area contributed by atoms with Crippen LogP contribution in [0.25, 0.3) is 0 Å². The van der Waals surface area contributed by atoms with Gasteiger partial charge in [0.25, 0.3) is 0 Å². The van der Waals surface area contributed by atoms with E-state index < -0.39 is 0 Å². The molecule has 0 fully saturated rings. The van der Waals surface area contributed by atoms with Crippen LogP contribution in [0.3, 0.4) is 0 Å². The highest BCUT2D eigenvalue weighted by Gasteiger charge is 2.07. The highest BCUT2D eigenvalue weighted by molar-refractivity contribution is 5.34. The third kappa shape index (κ3) is 5.31. The van der Waals surface area contributed by atoms with E-state index in [1.807, 2.05) is 6.08 Å². The average molecular weight is 209 g/mol. The van der Waals surface area contributed by atoms with Gasteiger partial charge in [0.05, 0.1) is 7.11 Å². The summed E-state index contributed by atoms with van der Waals surface area (Å²) in [5, 5.41) is 0. The zero-order chi connectivity index (χ0) is 12.0. The molecule has 0 heterocycles. The van der Waals surface area contributed by atoms with Crippen LogP contribution in [0.15, 0.2) is 35.8 Å². The van der Waals surface area contributed by atoms with Crippen molar-refractivity contribution < 1.29 is 4.74 Å². The van der Waals surface area contributed by atoms with E-state index in [4.69, 9.17) is 10.5 Å². The first-order chi connectivity index (χ1) is 6.88. The molecule has 0 bridgehead atoms. The van der Waals surface area contributed by atoms with Crippen molar-refractivity contribution in [3.63, 3.8) is 0 Å². The van der Waals surface area contributed by atoms with Crippen molar-refractivity contribution in [1.82, 2.24) is 0 Å². The van der Waals surface area contributed by atoms with Gasteiger partial charge in [-0.15, -0.1) is 0 Å². The summed E-state index contributed by atoms with van der Waals surface area (Å²) in [5.41, 5.74) is 7.92. The van der Waals surface area contributed by atoms with Crippen molar-refractivity contribution in [3.05, 3.63) is 35.8 Å². The second kappa shape index (κ2) is 6.33. The Hall–Kier alpha value is -1.18. The molecule has 0 unspecified atom stereocenters. The van der Waals surface area contributed by atoms with E-state index in [0.717, 1.165) is 11.3 Å². The summed E-state index contributed by atoms with van der Waals surface area (Å²) in [6, 6.07) is 0. The molecule has 2 heteroatoms. The van der Waals surface area contributed by atoms with E-state index in [0.29, 0.717) is 17.6 Å². The molecule has 15 heavy (non-hydrogen) atoms. The maximum Gasteiger partial charge on any atom is 0.112 e. The topological polar surface area (TPSA) is 35.2 Å². The lowest BCUT2D eigenvalue weighted by molar-refractivity contribution is 0.308. The van der Waals surface area contributed by atoms with Gasteiger partial charge in [0.15, 0.2) is 0 Å². The van der Waals surface area contributed by atoms with Crippen molar-refractivity contribution in [3.8, 4) is 0 Å². The second-order valence-corrected chi connectivity index (χ2v) is 4.29. The van der Waals surface area contributed by atoms with Crippen LogP contribution in [0.2, 0.25) is 0 Å². The predicted molar refractivity (Wildman–Crippen MR) is 66.2 cm³/mol. The largest absolute Gasteiger partial charge is 0.497 e. The maximum absolute atomic E-state index is 6.02. The number of ether oxygens (including phenoxy) is 1. The Morgan fingerprint density at radius 3 is 2.13 bits per heavy atom. The lowest BCUT2D eigenvalue weighted by Gasteiger charge is -2.13. The van der Waals surface area contributed by atoms with Crippen molar-refractivity contribution in [2.75, 3.05) is 7.11 Å². The van der Waals surface area contributed by atoms with Gasteiger partial charge in [-0.25, -0.2) is 0 Å². The van der Waals surface area contributed by atoms with Gasteiger partial charge in [-0.1, -0.05) is 40.3 Å². The Bertz CT molecular complexity index is 272. The molecule has 0 saturated carbocycles. The van der Waals surface area contributed by atoms with Crippen LogP contribution in [0.4, 0.5) is 0 Å². The zero-order valence-corrected chi connectivity index (χ0v) is 10.5. The molecule has 0 rings (SSSR count). The van der Waals surface area contributed by atoms with Crippen LogP contribution >= 0.6 is 0 Å². The summed E-state index contributed by atoms with van der Waals surface area (Å²) >= 11 is 0. The summed E-state index contributed by atoms with van der Waals surface area (Å²) in [6.45, 7) is 12.2. The van der Waals surface area contributed by atoms with Crippen LogP contribution in [0, 0.1) is 11.8 Å². The van der Waals surface area contributed by atoms with Crippen molar-refractivity contribution in [2.45, 2.75) is 27.7 Å². The SMILES string of the molecule is C=C(/C=C(\C(N)=C\C(C)C)C(C)C)OC. The zero-order valence-electron chi connectivity index (χ0n) is 10.5. The first-order valence-electron chi connectivity index (χ1n) is 5.30. The monoisotopic (exact) mass is 209 g/mol. The van der Waals surface area contributed by atoms with E-state index in [-0.39, 0.29) is 0 Å². The van der Waals surface area contributed by atoms with Crippen molar-refractivity contribution in [1.29, 1.82) is 0 Å². The Balaban J connectivity index is 4.98. The van der Waals surface area contributed by atoms with E-state index >= 15 is 0 Å². The number of nitrogens with two attached hydrogens (primary N) is 1. The third-order valence-corrected chi connectivity index (χ3v) is 2.05. The standard InChI is InChI=1S/C13H23NO/c1-9(2)7-13(14)12(10(3)4)8-11(5)15-6/h7-10H,5,14H2,1-4,6H3/b12-8-,13-7-. The highest BCUT2D eigenvalue weighted by atomic mass is 16.5. The first kappa shape index (κ1) is 13.8. The first-order valence-corrected chi connectivity index (χ1v) is 5.30. The molecular weight excluding hydrogens is 186 g/mol. The molecule has 2 N–H and O–H groups in total. The third-order valence-electron chi connectivity index (χ3n) is 2.05. The highest BCUT2D eigenvalue weighted by Crippen LogP contribution is 2.19. The summed E-state index contributed by atoms with van der Waals surface area (Å²) in [6.07, 6.45) is 3.95. The Kier molecular flexibility index (Phi) is 5.83. The number of allylic oxidation sites excluding steroid dienone is 3. The summed E-state index contributed by atoms with van der Waals surface area (Å²) in [4.78, 5) is 0. The van der Waals surface area contributed by atoms with E-state index in [1.165, 1.54) is 0 Å². The Labute approximate surface area is 93.5 Å². The second-order valence-electron chi connectivity index (χ2n) is 4.29. The maximum atomic E-state index is 6.02. The van der Waals surface area contributed by atoms with Gasteiger partial charge in [-0.3, -0.25) is 0 Å². The minimum atomic E-state index is 0.367. The van der Waals surface area contributed by atoms with Gasteiger partial charge in [-0.05, 0) is 23.5 Å². The summed E-state index contributed by atoms with van der Waals surface area (Å²) < 4.78 is 5.03. The van der Waals surface area contributed by atoms with E-state index in [2.05, 4.69) is 40.3 Å². The fraction of sp³-hybridized carbons (Fsp3) is 0.538. The van der Waals surface area contributed by atoms with Gasteiger partial charge >= 0.3 is 0 Å². The lowest BCUT2D eigenvalue weighted by Crippen LogP contribution is -2.08. The van der Waals surface area contributed by atoms with Crippen LogP contribution in [-0.4, -0.2) is 7.11 Å². The molecule has 0 aromatic carbocycles. The van der Waals surface area contributed by atoms with Crippen LogP contribution in [0.1, 0.15) is 27.7 Å². The molecule has 86 valence electrons. The number of hydrogen-bond acceptors (Lipinski definition) is 2. The van der Waals surface area contributed by atoms with Gasteiger partial charge < -0.3 is 10.5 Å². The van der Waals surface area contributed by atoms with Crippen LogP contribution in [0.5, 0.6) is 0 Å². The van der Waals surface area contributed by atoms with E-state index in [9.17, 15) is 0 Å². The van der Waals surface area contributed by atoms with Crippen molar-refractivity contribution in [2.24, 2.45) is 17.6 Å². The molecule has 0 aliphatic heterocycles. The summed E-state index contributed by atoms with van der Waals surface area (Å²) in [7, 11) is 1.61. The number of methoxy groups -OCH3 is 1. The molecule has 2 nitrogen and oxygen atoms in total. The molecule has 0 aliphatic carbocycles. The Morgan fingerprint density at radius 1 is 1.27 bits per heavy atom. The fourth-order valence-corrected chi connectivity index (χ4v) is 1.27. The molecule has 0 radical (unpaired) electrons.